The van der Waals surface area contributed by atoms with E-state index in [0.29, 0.717) is 0 Å². The number of aryl methyl sites for hydroxylation is 2. The molecule has 0 unspecified atom stereocenters. The van der Waals surface area contributed by atoms with E-state index in [1.54, 1.807) is 7.11 Å². The molecular weight excluding hydrogens is 332 g/mol. The molecule has 0 N–H and O–H groups in total. The fourth-order valence-corrected chi connectivity index (χ4v) is 3.23. The highest BCUT2D eigenvalue weighted by Crippen LogP contribution is 2.20. The molecule has 3 nitrogen and oxygen atoms in total. The van der Waals surface area contributed by atoms with Crippen LogP contribution in [-0.4, -0.2) is 16.7 Å². The van der Waals surface area contributed by atoms with E-state index in [9.17, 15) is 0 Å². The van der Waals surface area contributed by atoms with Gasteiger partial charge in [0.1, 0.15) is 11.6 Å². The number of para-hydroxylation sites is 2. The van der Waals surface area contributed by atoms with Gasteiger partial charge >= 0.3 is 0 Å². The van der Waals surface area contributed by atoms with Gasteiger partial charge in [-0.1, -0.05) is 60.7 Å². The lowest BCUT2D eigenvalue weighted by Gasteiger charge is -2.07. The molecule has 0 saturated heterocycles. The Labute approximate surface area is 159 Å². The van der Waals surface area contributed by atoms with Crippen molar-refractivity contribution in [2.24, 2.45) is 0 Å². The fraction of sp³-hybridized carbons (Fsp3) is 0.125. The van der Waals surface area contributed by atoms with Crippen LogP contribution in [0.15, 0.2) is 78.9 Å². The van der Waals surface area contributed by atoms with Crippen LogP contribution in [-0.2, 0) is 13.0 Å². The third-order valence-electron chi connectivity index (χ3n) is 4.69. The zero-order valence-corrected chi connectivity index (χ0v) is 15.4. The van der Waals surface area contributed by atoms with Crippen molar-refractivity contribution >= 4 is 23.2 Å². The summed E-state index contributed by atoms with van der Waals surface area (Å²) in [7, 11) is 1.68. The summed E-state index contributed by atoms with van der Waals surface area (Å²) in [6.45, 7) is 0.896. The van der Waals surface area contributed by atoms with Gasteiger partial charge in [-0.2, -0.15) is 0 Å². The molecule has 0 saturated carbocycles. The molecule has 1 heterocycles. The van der Waals surface area contributed by atoms with E-state index in [4.69, 9.17) is 9.72 Å². The third-order valence-corrected chi connectivity index (χ3v) is 4.69. The average molecular weight is 354 g/mol. The van der Waals surface area contributed by atoms with E-state index >= 15 is 0 Å². The van der Waals surface area contributed by atoms with Crippen LogP contribution in [0.2, 0.25) is 0 Å². The van der Waals surface area contributed by atoms with Crippen molar-refractivity contribution in [2.75, 3.05) is 7.11 Å². The number of imidazole rings is 1. The van der Waals surface area contributed by atoms with Crippen LogP contribution in [0.1, 0.15) is 17.0 Å². The fourth-order valence-electron chi connectivity index (χ4n) is 3.23. The van der Waals surface area contributed by atoms with E-state index in [-0.39, 0.29) is 0 Å². The molecule has 1 aromatic heterocycles. The minimum Gasteiger partial charge on any atom is -0.497 e. The maximum atomic E-state index is 5.22. The minimum atomic E-state index is 0.863. The third kappa shape index (κ3) is 3.93. The summed E-state index contributed by atoms with van der Waals surface area (Å²) < 4.78 is 7.52. The van der Waals surface area contributed by atoms with Crippen molar-refractivity contribution in [3.05, 3.63) is 95.8 Å². The van der Waals surface area contributed by atoms with Gasteiger partial charge in [-0.3, -0.25) is 0 Å². The van der Waals surface area contributed by atoms with Crippen molar-refractivity contribution in [1.82, 2.24) is 9.55 Å². The van der Waals surface area contributed by atoms with Crippen LogP contribution < -0.4 is 4.74 Å². The first-order valence-electron chi connectivity index (χ1n) is 9.15. The van der Waals surface area contributed by atoms with Gasteiger partial charge in [0.2, 0.25) is 0 Å². The number of fused-ring (bicyclic) bond motifs is 1. The first kappa shape index (κ1) is 17.1. The standard InChI is InChI=1S/C24H22N2O/c1-27-21-14-11-20(12-15-21)13-16-24-25-22-9-5-6-10-23(22)26(24)18-17-19-7-3-2-4-8-19/h2-16H,17-18H2,1H3. The number of rotatable bonds is 6. The predicted octanol–water partition coefficient (Wildman–Crippen LogP) is 5.46. The van der Waals surface area contributed by atoms with E-state index in [1.807, 2.05) is 30.3 Å². The highest BCUT2D eigenvalue weighted by molar-refractivity contribution is 5.79. The zero-order chi connectivity index (χ0) is 18.5. The van der Waals surface area contributed by atoms with Crippen molar-refractivity contribution in [2.45, 2.75) is 13.0 Å². The second kappa shape index (κ2) is 7.92. The number of hydrogen-bond donors (Lipinski definition) is 0. The molecule has 4 aromatic rings. The quantitative estimate of drug-likeness (QED) is 0.460. The van der Waals surface area contributed by atoms with Crippen molar-refractivity contribution in [1.29, 1.82) is 0 Å². The maximum absolute atomic E-state index is 5.22. The summed E-state index contributed by atoms with van der Waals surface area (Å²) in [5.41, 5.74) is 4.65. The summed E-state index contributed by atoms with van der Waals surface area (Å²) >= 11 is 0. The molecular formula is C24H22N2O. The molecule has 0 aliphatic rings. The van der Waals surface area contributed by atoms with Gasteiger partial charge in [0.25, 0.3) is 0 Å². The van der Waals surface area contributed by atoms with E-state index in [2.05, 4.69) is 65.3 Å². The second-order valence-corrected chi connectivity index (χ2v) is 6.45. The number of benzene rings is 3. The first-order chi connectivity index (χ1) is 13.3. The Kier molecular flexibility index (Phi) is 5.01. The van der Waals surface area contributed by atoms with Gasteiger partial charge in [-0.05, 0) is 47.9 Å². The highest BCUT2D eigenvalue weighted by Gasteiger charge is 2.08. The van der Waals surface area contributed by atoms with Gasteiger partial charge in [-0.25, -0.2) is 4.98 Å². The van der Waals surface area contributed by atoms with Crippen molar-refractivity contribution < 1.29 is 4.74 Å². The van der Waals surface area contributed by atoms with Gasteiger partial charge in [-0.15, -0.1) is 0 Å². The number of ether oxygens (including phenoxy) is 1. The lowest BCUT2D eigenvalue weighted by atomic mass is 10.1. The largest absolute Gasteiger partial charge is 0.497 e. The number of hydrogen-bond acceptors (Lipinski definition) is 2. The predicted molar refractivity (Wildman–Crippen MR) is 112 cm³/mol. The monoisotopic (exact) mass is 354 g/mol. The van der Waals surface area contributed by atoms with Crippen molar-refractivity contribution in [3.63, 3.8) is 0 Å². The zero-order valence-electron chi connectivity index (χ0n) is 15.4. The summed E-state index contributed by atoms with van der Waals surface area (Å²) in [4.78, 5) is 4.83. The molecule has 0 aliphatic heterocycles. The van der Waals surface area contributed by atoms with Gasteiger partial charge in [0.05, 0.1) is 18.1 Å². The number of methoxy groups -OCH3 is 1. The Morgan fingerprint density at radius 1 is 0.852 bits per heavy atom. The summed E-state index contributed by atoms with van der Waals surface area (Å²) in [6.07, 6.45) is 5.16. The molecule has 134 valence electrons. The lowest BCUT2D eigenvalue weighted by molar-refractivity contribution is 0.415. The van der Waals surface area contributed by atoms with Crippen LogP contribution >= 0.6 is 0 Å². The molecule has 0 amide bonds. The smallest absolute Gasteiger partial charge is 0.133 e. The Morgan fingerprint density at radius 3 is 2.37 bits per heavy atom. The Bertz CT molecular complexity index is 1050. The number of aromatic nitrogens is 2. The first-order valence-corrected chi connectivity index (χ1v) is 9.15. The molecule has 3 heteroatoms. The summed E-state index contributed by atoms with van der Waals surface area (Å²) in [6, 6.07) is 26.9. The van der Waals surface area contributed by atoms with E-state index in [1.165, 1.54) is 11.1 Å². The molecule has 0 bridgehead atoms. The minimum absolute atomic E-state index is 0.863. The topological polar surface area (TPSA) is 27.1 Å². The second-order valence-electron chi connectivity index (χ2n) is 6.45. The van der Waals surface area contributed by atoms with Gasteiger partial charge in [0.15, 0.2) is 0 Å². The molecule has 0 aliphatic carbocycles. The maximum Gasteiger partial charge on any atom is 0.133 e. The van der Waals surface area contributed by atoms with Crippen molar-refractivity contribution in [3.8, 4) is 5.75 Å². The molecule has 27 heavy (non-hydrogen) atoms. The normalized spacial score (nSPS) is 11.3. The van der Waals surface area contributed by atoms with Crippen LogP contribution in [0.4, 0.5) is 0 Å². The molecule has 0 radical (unpaired) electrons. The summed E-state index contributed by atoms with van der Waals surface area (Å²) in [5, 5.41) is 0. The molecule has 3 aromatic carbocycles. The van der Waals surface area contributed by atoms with Gasteiger partial charge < -0.3 is 9.30 Å². The molecule has 4 rings (SSSR count). The van der Waals surface area contributed by atoms with E-state index < -0.39 is 0 Å². The Morgan fingerprint density at radius 2 is 1.59 bits per heavy atom. The molecule has 0 spiro atoms. The Balaban J connectivity index is 1.63. The Hall–Kier alpha value is -3.33. The van der Waals surface area contributed by atoms with Crippen LogP contribution in [0.3, 0.4) is 0 Å². The average Bonchev–Trinajstić information content (AvgIpc) is 3.09. The SMILES string of the molecule is COc1ccc(C=Cc2nc3ccccc3n2CCc2ccccc2)cc1. The summed E-state index contributed by atoms with van der Waals surface area (Å²) in [5.74, 6) is 1.84. The molecule has 0 fully saturated rings. The van der Waals surface area contributed by atoms with Crippen LogP contribution in [0.5, 0.6) is 5.75 Å². The van der Waals surface area contributed by atoms with Crippen LogP contribution in [0.25, 0.3) is 23.2 Å². The van der Waals surface area contributed by atoms with Crippen LogP contribution in [0, 0.1) is 0 Å². The van der Waals surface area contributed by atoms with Gasteiger partial charge in [0, 0.05) is 6.54 Å². The lowest BCUT2D eigenvalue weighted by Crippen LogP contribution is -2.03. The molecule has 0 atom stereocenters. The highest BCUT2D eigenvalue weighted by atomic mass is 16.5. The van der Waals surface area contributed by atoms with E-state index in [0.717, 1.165) is 35.6 Å². The number of nitrogens with zero attached hydrogens (tertiary/aromatic N) is 2.